The largest absolute Gasteiger partial charge is 0.444 e. The van der Waals surface area contributed by atoms with Gasteiger partial charge in [-0.3, -0.25) is 9.59 Å². The summed E-state index contributed by atoms with van der Waals surface area (Å²) in [5.74, 6) is -1.02. The van der Waals surface area contributed by atoms with Gasteiger partial charge < -0.3 is 24.5 Å². The van der Waals surface area contributed by atoms with E-state index in [1.54, 1.807) is 11.0 Å². The average Bonchev–Trinajstić information content (AvgIpc) is 3.66. The van der Waals surface area contributed by atoms with Gasteiger partial charge in [0.2, 0.25) is 0 Å². The molecule has 0 bridgehead atoms. The number of rotatable bonds is 6. The summed E-state index contributed by atoms with van der Waals surface area (Å²) in [4.78, 5) is 52.7. The predicted octanol–water partition coefficient (Wildman–Crippen LogP) is 3.88. The second-order valence-electron chi connectivity index (χ2n) is 12.1. The first-order chi connectivity index (χ1) is 19.6. The number of hydrogen-bond acceptors (Lipinski definition) is 7. The lowest BCUT2D eigenvalue weighted by molar-refractivity contribution is 0.0142. The molecule has 11 heteroatoms. The summed E-state index contributed by atoms with van der Waals surface area (Å²) < 4.78 is 20.5. The summed E-state index contributed by atoms with van der Waals surface area (Å²) in [6, 6.07) is 4.12. The summed E-state index contributed by atoms with van der Waals surface area (Å²) >= 11 is 0. The standard InChI is InChI=1S/C30H38FN5O5/c1-30(2,3)41-29(40)34-13-10-22(11-14-34)36(21-7-8-21)27(38)20-16-32-26(33-17-20)19-6-9-24(25(31)15-19)28(39)35-12-4-5-23(35)18-37/h6,9,15-17,21-23,37H,4-5,7-8,10-14,18H2,1-3H3/t23-/m0/s1. The van der Waals surface area contributed by atoms with Crippen LogP contribution in [-0.2, 0) is 4.74 Å². The molecule has 0 radical (unpaired) electrons. The first kappa shape index (κ1) is 28.9. The molecule has 1 N–H and O–H groups in total. The quantitative estimate of drug-likeness (QED) is 0.563. The molecule has 3 fully saturated rings. The van der Waals surface area contributed by atoms with E-state index in [1.165, 1.54) is 29.4 Å². The van der Waals surface area contributed by atoms with Gasteiger partial charge in [-0.15, -0.1) is 0 Å². The number of hydrogen-bond donors (Lipinski definition) is 1. The lowest BCUT2D eigenvalue weighted by Gasteiger charge is -2.39. The zero-order valence-electron chi connectivity index (χ0n) is 23.9. The number of aliphatic hydroxyl groups is 1. The van der Waals surface area contributed by atoms with Crippen molar-refractivity contribution in [2.45, 2.75) is 83.0 Å². The molecule has 3 aliphatic rings. The third kappa shape index (κ3) is 6.50. The van der Waals surface area contributed by atoms with Crippen molar-refractivity contribution in [2.24, 2.45) is 0 Å². The Bertz CT molecular complexity index is 1290. The smallest absolute Gasteiger partial charge is 0.410 e. The van der Waals surface area contributed by atoms with Crippen molar-refractivity contribution in [3.63, 3.8) is 0 Å². The van der Waals surface area contributed by atoms with Gasteiger partial charge in [-0.25, -0.2) is 19.2 Å². The molecule has 1 atom stereocenters. The number of carbonyl (C=O) groups is 3. The number of ether oxygens (including phenoxy) is 1. The lowest BCUT2D eigenvalue weighted by Crippen LogP contribution is -2.50. The molecular formula is C30H38FN5O5. The van der Waals surface area contributed by atoms with Crippen LogP contribution < -0.4 is 0 Å². The minimum absolute atomic E-state index is 0.00794. The van der Waals surface area contributed by atoms with Crippen molar-refractivity contribution in [1.82, 2.24) is 24.7 Å². The van der Waals surface area contributed by atoms with E-state index in [2.05, 4.69) is 9.97 Å². The Balaban J connectivity index is 1.24. The molecule has 1 aromatic carbocycles. The number of benzene rings is 1. The maximum absolute atomic E-state index is 15.0. The normalized spacial score (nSPS) is 19.8. The molecule has 1 aromatic heterocycles. The Labute approximate surface area is 239 Å². The fraction of sp³-hybridized carbons (Fsp3) is 0.567. The van der Waals surface area contributed by atoms with Crippen LogP contribution in [0.5, 0.6) is 0 Å². The van der Waals surface area contributed by atoms with E-state index in [4.69, 9.17) is 4.74 Å². The van der Waals surface area contributed by atoms with E-state index in [1.807, 2.05) is 25.7 Å². The average molecular weight is 568 g/mol. The van der Waals surface area contributed by atoms with Crippen molar-refractivity contribution in [1.29, 1.82) is 0 Å². The van der Waals surface area contributed by atoms with Crippen molar-refractivity contribution >= 4 is 17.9 Å². The van der Waals surface area contributed by atoms with Crippen LogP contribution in [0.1, 0.15) is 80.0 Å². The molecule has 1 aliphatic carbocycles. The van der Waals surface area contributed by atoms with Crippen LogP contribution in [0.4, 0.5) is 9.18 Å². The van der Waals surface area contributed by atoms with Gasteiger partial charge in [-0.05, 0) is 71.4 Å². The van der Waals surface area contributed by atoms with E-state index in [0.717, 1.165) is 19.3 Å². The van der Waals surface area contributed by atoms with Crippen molar-refractivity contribution in [3.05, 3.63) is 47.5 Å². The first-order valence-electron chi connectivity index (χ1n) is 14.4. The van der Waals surface area contributed by atoms with Gasteiger partial charge in [0.05, 0.1) is 23.8 Å². The van der Waals surface area contributed by atoms with Crippen molar-refractivity contribution < 1.29 is 28.6 Å². The summed E-state index contributed by atoms with van der Waals surface area (Å²) in [5, 5.41) is 9.51. The second-order valence-corrected chi connectivity index (χ2v) is 12.1. The highest BCUT2D eigenvalue weighted by Crippen LogP contribution is 2.33. The fourth-order valence-electron chi connectivity index (χ4n) is 5.65. The highest BCUT2D eigenvalue weighted by Gasteiger charge is 2.40. The van der Waals surface area contributed by atoms with E-state index in [-0.39, 0.29) is 48.1 Å². The van der Waals surface area contributed by atoms with Gasteiger partial charge in [0, 0.05) is 49.7 Å². The van der Waals surface area contributed by atoms with Crippen LogP contribution >= 0.6 is 0 Å². The molecule has 2 aliphatic heterocycles. The minimum Gasteiger partial charge on any atom is -0.444 e. The topological polar surface area (TPSA) is 116 Å². The Morgan fingerprint density at radius 2 is 1.68 bits per heavy atom. The summed E-state index contributed by atoms with van der Waals surface area (Å²) in [5.41, 5.74) is 0.135. The number of likely N-dealkylation sites (tertiary alicyclic amines) is 2. The SMILES string of the molecule is CC(C)(C)OC(=O)N1CCC(N(C(=O)c2cnc(-c3ccc(C(=O)N4CCC[C@H]4CO)c(F)c3)nc2)C2CC2)CC1. The molecule has 0 unspecified atom stereocenters. The van der Waals surface area contributed by atoms with E-state index in [0.29, 0.717) is 50.0 Å². The fourth-order valence-corrected chi connectivity index (χ4v) is 5.65. The number of piperidine rings is 1. The van der Waals surface area contributed by atoms with Gasteiger partial charge in [0.15, 0.2) is 5.82 Å². The molecular weight excluding hydrogens is 529 g/mol. The van der Waals surface area contributed by atoms with Gasteiger partial charge in [-0.1, -0.05) is 6.07 Å². The molecule has 2 aromatic rings. The van der Waals surface area contributed by atoms with Crippen LogP contribution in [0.3, 0.4) is 0 Å². The van der Waals surface area contributed by atoms with Gasteiger partial charge >= 0.3 is 6.09 Å². The molecule has 3 amide bonds. The summed E-state index contributed by atoms with van der Waals surface area (Å²) in [6.07, 6.45) is 7.29. The molecule has 5 rings (SSSR count). The molecule has 41 heavy (non-hydrogen) atoms. The zero-order valence-corrected chi connectivity index (χ0v) is 23.9. The number of carbonyl (C=O) groups excluding carboxylic acids is 3. The Morgan fingerprint density at radius 3 is 2.27 bits per heavy atom. The molecule has 220 valence electrons. The van der Waals surface area contributed by atoms with Crippen molar-refractivity contribution in [2.75, 3.05) is 26.2 Å². The van der Waals surface area contributed by atoms with Crippen LogP contribution in [0.25, 0.3) is 11.4 Å². The van der Waals surface area contributed by atoms with Gasteiger partial charge in [-0.2, -0.15) is 0 Å². The molecule has 10 nitrogen and oxygen atoms in total. The van der Waals surface area contributed by atoms with E-state index >= 15 is 0 Å². The maximum atomic E-state index is 15.0. The lowest BCUT2D eigenvalue weighted by atomic mass is 10.0. The maximum Gasteiger partial charge on any atom is 0.410 e. The van der Waals surface area contributed by atoms with Crippen molar-refractivity contribution in [3.8, 4) is 11.4 Å². The Kier molecular flexibility index (Phi) is 8.26. The van der Waals surface area contributed by atoms with Crippen LogP contribution in [0.2, 0.25) is 0 Å². The van der Waals surface area contributed by atoms with Crippen LogP contribution in [0.15, 0.2) is 30.6 Å². The highest BCUT2D eigenvalue weighted by molar-refractivity contribution is 5.96. The van der Waals surface area contributed by atoms with Crippen LogP contribution in [0, 0.1) is 5.82 Å². The third-order valence-electron chi connectivity index (χ3n) is 7.89. The second kappa shape index (κ2) is 11.7. The summed E-state index contributed by atoms with van der Waals surface area (Å²) in [7, 11) is 0. The van der Waals surface area contributed by atoms with E-state index < -0.39 is 17.3 Å². The number of aromatic nitrogens is 2. The molecule has 1 saturated carbocycles. The number of amides is 3. The van der Waals surface area contributed by atoms with Gasteiger partial charge in [0.1, 0.15) is 11.4 Å². The van der Waals surface area contributed by atoms with E-state index in [9.17, 15) is 23.9 Å². The number of nitrogens with zero attached hydrogens (tertiary/aromatic N) is 5. The van der Waals surface area contributed by atoms with Crippen LogP contribution in [-0.4, -0.2) is 97.6 Å². The Hall–Kier alpha value is -3.60. The minimum atomic E-state index is -0.683. The molecule has 3 heterocycles. The third-order valence-corrected chi connectivity index (χ3v) is 7.89. The molecule has 2 saturated heterocycles. The first-order valence-corrected chi connectivity index (χ1v) is 14.4. The molecule has 0 spiro atoms. The zero-order chi connectivity index (χ0) is 29.3. The Morgan fingerprint density at radius 1 is 1.02 bits per heavy atom. The number of halogens is 1. The highest BCUT2D eigenvalue weighted by atomic mass is 19.1. The predicted molar refractivity (Wildman–Crippen MR) is 149 cm³/mol. The monoisotopic (exact) mass is 567 g/mol. The van der Waals surface area contributed by atoms with Gasteiger partial charge in [0.25, 0.3) is 11.8 Å². The number of aliphatic hydroxyl groups excluding tert-OH is 1. The summed E-state index contributed by atoms with van der Waals surface area (Å²) in [6.45, 7) is 6.91.